The van der Waals surface area contributed by atoms with Gasteiger partial charge >= 0.3 is 5.97 Å². The van der Waals surface area contributed by atoms with E-state index in [9.17, 15) is 4.79 Å². The minimum absolute atomic E-state index is 0.401. The minimum Gasteiger partial charge on any atom is -0.497 e. The summed E-state index contributed by atoms with van der Waals surface area (Å²) in [6.45, 7) is 7.28. The summed E-state index contributed by atoms with van der Waals surface area (Å²) in [5.74, 6) is 0.774. The van der Waals surface area contributed by atoms with E-state index in [1.807, 2.05) is 75.4 Å². The molecule has 0 saturated carbocycles. The molecule has 0 atom stereocenters. The number of methoxy groups -OCH3 is 1. The van der Waals surface area contributed by atoms with Crippen LogP contribution < -0.4 is 10.2 Å². The van der Waals surface area contributed by atoms with Crippen molar-refractivity contribution in [2.24, 2.45) is 0 Å². The van der Waals surface area contributed by atoms with Crippen LogP contribution in [0.3, 0.4) is 0 Å². The van der Waals surface area contributed by atoms with Crippen LogP contribution in [0, 0.1) is 0 Å². The number of nitrogens with one attached hydrogen (secondary N) is 1. The summed E-state index contributed by atoms with van der Waals surface area (Å²) in [7, 11) is 1.62. The van der Waals surface area contributed by atoms with E-state index in [-0.39, 0.29) is 0 Å². The fourth-order valence-electron chi connectivity index (χ4n) is 2.96. The van der Waals surface area contributed by atoms with Crippen LogP contribution in [-0.4, -0.2) is 18.7 Å². The lowest BCUT2D eigenvalue weighted by atomic mass is 9.91. The molecule has 3 rings (SSSR count). The van der Waals surface area contributed by atoms with Crippen LogP contribution >= 0.6 is 0 Å². The van der Waals surface area contributed by atoms with Crippen molar-refractivity contribution in [2.75, 3.05) is 7.11 Å². The maximum atomic E-state index is 13.1. The Balaban J connectivity index is 2.20. The van der Waals surface area contributed by atoms with Crippen LogP contribution in [0.25, 0.3) is 11.3 Å². The van der Waals surface area contributed by atoms with Gasteiger partial charge in [0.1, 0.15) is 22.7 Å². The van der Waals surface area contributed by atoms with E-state index < -0.39 is 11.6 Å². The second-order valence-electron chi connectivity index (χ2n) is 7.48. The lowest BCUT2D eigenvalue weighted by Crippen LogP contribution is -2.29. The Morgan fingerprint density at radius 3 is 2.18 bits per heavy atom. The number of ether oxygens (including phenoxy) is 2. The Labute approximate surface area is 165 Å². The van der Waals surface area contributed by atoms with Crippen molar-refractivity contribution in [3.63, 3.8) is 0 Å². The highest BCUT2D eigenvalue weighted by molar-refractivity contribution is 6.14. The molecule has 0 fully saturated rings. The lowest BCUT2D eigenvalue weighted by molar-refractivity contribution is -0.149. The molecule has 2 aromatic rings. The van der Waals surface area contributed by atoms with Crippen LogP contribution in [0.4, 0.5) is 0 Å². The zero-order valence-corrected chi connectivity index (χ0v) is 16.8. The van der Waals surface area contributed by atoms with Crippen molar-refractivity contribution in [2.45, 2.75) is 33.3 Å². The number of hydrogen-bond donors (Lipinski definition) is 1. The molecule has 0 aliphatic carbocycles. The fraction of sp³-hybridized carbons (Fsp3) is 0.261. The summed E-state index contributed by atoms with van der Waals surface area (Å²) in [5.41, 5.74) is 5.97. The second kappa shape index (κ2) is 7.80. The predicted octanol–water partition coefficient (Wildman–Crippen LogP) is 4.71. The minimum atomic E-state index is -0.618. The van der Waals surface area contributed by atoms with Gasteiger partial charge in [0.2, 0.25) is 0 Å². The molecule has 0 unspecified atom stereocenters. The molecule has 2 aromatic carbocycles. The van der Waals surface area contributed by atoms with Crippen molar-refractivity contribution in [1.82, 2.24) is 5.48 Å². The molecule has 5 heteroatoms. The summed E-state index contributed by atoms with van der Waals surface area (Å²) in [6, 6.07) is 17.3. The van der Waals surface area contributed by atoms with Crippen LogP contribution in [0.15, 0.2) is 65.9 Å². The molecular weight excluding hydrogens is 354 g/mol. The van der Waals surface area contributed by atoms with Gasteiger partial charge in [0.05, 0.1) is 12.8 Å². The maximum absolute atomic E-state index is 13.1. The molecule has 0 spiro atoms. The summed E-state index contributed by atoms with van der Waals surface area (Å²) in [6.07, 6.45) is 0. The van der Waals surface area contributed by atoms with Gasteiger partial charge in [0.15, 0.2) is 0 Å². The SMILES string of the molecule is COc1ccc(C2=C(c3ccccc3)NOC(C)=C2C(=O)OC(C)(C)C)cc1. The first-order valence-electron chi connectivity index (χ1n) is 9.12. The van der Waals surface area contributed by atoms with E-state index in [1.165, 1.54) is 0 Å². The quantitative estimate of drug-likeness (QED) is 0.780. The van der Waals surface area contributed by atoms with Crippen LogP contribution in [0.5, 0.6) is 5.75 Å². The normalized spacial score (nSPS) is 14.3. The molecular formula is C23H25NO4. The molecule has 0 radical (unpaired) electrons. The fourth-order valence-corrected chi connectivity index (χ4v) is 2.96. The molecule has 0 bridgehead atoms. The standard InChI is InChI=1S/C23H25NO4/c1-15-19(22(25)27-23(2,3)4)20(16-11-13-18(26-5)14-12-16)21(24-28-15)17-9-7-6-8-10-17/h6-14,24H,1-5H3. The third-order valence-electron chi connectivity index (χ3n) is 4.20. The average molecular weight is 379 g/mol. The van der Waals surface area contributed by atoms with Gasteiger partial charge in [-0.3, -0.25) is 0 Å². The van der Waals surface area contributed by atoms with Gasteiger partial charge in [-0.25, -0.2) is 10.3 Å². The first-order valence-corrected chi connectivity index (χ1v) is 9.12. The summed E-state index contributed by atoms with van der Waals surface area (Å²) >= 11 is 0. The third-order valence-corrected chi connectivity index (χ3v) is 4.20. The number of benzene rings is 2. The molecule has 146 valence electrons. The summed E-state index contributed by atoms with van der Waals surface area (Å²) in [5, 5.41) is 0. The highest BCUT2D eigenvalue weighted by atomic mass is 16.7. The van der Waals surface area contributed by atoms with Crippen molar-refractivity contribution in [1.29, 1.82) is 0 Å². The topological polar surface area (TPSA) is 56.8 Å². The third kappa shape index (κ3) is 4.19. The number of rotatable bonds is 4. The largest absolute Gasteiger partial charge is 0.497 e. The first-order chi connectivity index (χ1) is 13.3. The highest BCUT2D eigenvalue weighted by Crippen LogP contribution is 2.37. The molecule has 28 heavy (non-hydrogen) atoms. The Hall–Kier alpha value is -3.21. The van der Waals surface area contributed by atoms with E-state index in [0.29, 0.717) is 17.0 Å². The zero-order chi connectivity index (χ0) is 20.3. The van der Waals surface area contributed by atoms with Crippen LogP contribution in [-0.2, 0) is 14.4 Å². The van der Waals surface area contributed by atoms with E-state index >= 15 is 0 Å². The maximum Gasteiger partial charge on any atom is 0.342 e. The smallest absolute Gasteiger partial charge is 0.342 e. The van der Waals surface area contributed by atoms with Crippen molar-refractivity contribution in [3.05, 3.63) is 77.1 Å². The molecule has 1 aliphatic rings. The van der Waals surface area contributed by atoms with Crippen LogP contribution in [0.1, 0.15) is 38.8 Å². The Morgan fingerprint density at radius 2 is 1.61 bits per heavy atom. The van der Waals surface area contributed by atoms with Gasteiger partial charge in [-0.05, 0) is 45.4 Å². The molecule has 5 nitrogen and oxygen atoms in total. The van der Waals surface area contributed by atoms with E-state index in [2.05, 4.69) is 5.48 Å². The number of allylic oxidation sites excluding steroid dienone is 1. The molecule has 1 aliphatic heterocycles. The number of carbonyl (C=O) groups is 1. The molecule has 0 amide bonds. The molecule has 0 aromatic heterocycles. The number of esters is 1. The van der Waals surface area contributed by atoms with Gasteiger partial charge < -0.3 is 14.3 Å². The van der Waals surface area contributed by atoms with E-state index in [1.54, 1.807) is 14.0 Å². The Kier molecular flexibility index (Phi) is 5.45. The van der Waals surface area contributed by atoms with Gasteiger partial charge in [0.25, 0.3) is 0 Å². The average Bonchev–Trinajstić information content (AvgIpc) is 2.67. The Morgan fingerprint density at radius 1 is 0.964 bits per heavy atom. The van der Waals surface area contributed by atoms with Gasteiger partial charge in [-0.1, -0.05) is 42.5 Å². The summed E-state index contributed by atoms with van der Waals surface area (Å²) in [4.78, 5) is 18.7. The zero-order valence-electron chi connectivity index (χ0n) is 16.8. The van der Waals surface area contributed by atoms with Crippen molar-refractivity contribution >= 4 is 17.2 Å². The number of carbonyl (C=O) groups excluding carboxylic acids is 1. The van der Waals surface area contributed by atoms with Gasteiger partial charge in [-0.15, -0.1) is 0 Å². The van der Waals surface area contributed by atoms with E-state index in [0.717, 1.165) is 22.4 Å². The summed E-state index contributed by atoms with van der Waals surface area (Å²) < 4.78 is 10.9. The monoisotopic (exact) mass is 379 g/mol. The number of hydroxylamine groups is 1. The van der Waals surface area contributed by atoms with Gasteiger partial charge in [0, 0.05) is 11.1 Å². The van der Waals surface area contributed by atoms with E-state index in [4.69, 9.17) is 14.3 Å². The highest BCUT2D eigenvalue weighted by Gasteiger charge is 2.32. The van der Waals surface area contributed by atoms with Crippen molar-refractivity contribution < 1.29 is 19.1 Å². The lowest BCUT2D eigenvalue weighted by Gasteiger charge is -2.28. The molecule has 0 saturated heterocycles. The first kappa shape index (κ1) is 19.5. The second-order valence-corrected chi connectivity index (χ2v) is 7.48. The van der Waals surface area contributed by atoms with Crippen molar-refractivity contribution in [3.8, 4) is 5.75 Å². The molecule has 1 N–H and O–H groups in total. The molecule has 1 heterocycles. The van der Waals surface area contributed by atoms with Crippen LogP contribution in [0.2, 0.25) is 0 Å². The Bertz CT molecular complexity index is 919. The predicted molar refractivity (Wildman–Crippen MR) is 109 cm³/mol. The number of hydrogen-bond acceptors (Lipinski definition) is 5. The van der Waals surface area contributed by atoms with Gasteiger partial charge in [-0.2, -0.15) is 0 Å².